The van der Waals surface area contributed by atoms with E-state index in [0.717, 1.165) is 25.1 Å². The van der Waals surface area contributed by atoms with Gasteiger partial charge in [-0.3, -0.25) is 0 Å². The first-order chi connectivity index (χ1) is 13.5. The smallest absolute Gasteiger partial charge is 0.410 e. The predicted octanol–water partition coefficient (Wildman–Crippen LogP) is 3.43. The number of hydrogen-bond acceptors (Lipinski definition) is 5. The second-order valence-electron chi connectivity index (χ2n) is 9.40. The number of aliphatic imine (C=N–C) groups is 1. The van der Waals surface area contributed by atoms with E-state index in [-0.39, 0.29) is 17.6 Å². The van der Waals surface area contributed by atoms with Crippen molar-refractivity contribution in [2.24, 2.45) is 4.99 Å². The molecule has 1 aliphatic carbocycles. The molecule has 1 aromatic rings. The van der Waals surface area contributed by atoms with Gasteiger partial charge >= 0.3 is 6.09 Å². The predicted molar refractivity (Wildman–Crippen MR) is 114 cm³/mol. The second kappa shape index (κ2) is 9.50. The topological polar surface area (TPSA) is 92.0 Å². The summed E-state index contributed by atoms with van der Waals surface area (Å²) in [6, 6.07) is 0.286. The van der Waals surface area contributed by atoms with Crippen LogP contribution in [-0.4, -0.2) is 53.2 Å². The van der Waals surface area contributed by atoms with Gasteiger partial charge in [0, 0.05) is 31.1 Å². The molecule has 1 aliphatic rings. The van der Waals surface area contributed by atoms with Crippen molar-refractivity contribution >= 4 is 12.1 Å². The molecule has 8 nitrogen and oxygen atoms in total. The SMILES string of the molecule is CCNC(=NCc1ncc(C(C)(C)C)o1)NCCN(C(=O)OC(C)(C)C)C1CC1. The molecule has 0 atom stereocenters. The lowest BCUT2D eigenvalue weighted by atomic mass is 9.94. The third kappa shape index (κ3) is 7.95. The van der Waals surface area contributed by atoms with Crippen molar-refractivity contribution in [2.75, 3.05) is 19.6 Å². The molecule has 2 N–H and O–H groups in total. The number of nitrogens with one attached hydrogen (secondary N) is 2. The van der Waals surface area contributed by atoms with Crippen LogP contribution in [0.1, 0.15) is 73.0 Å². The van der Waals surface area contributed by atoms with Gasteiger partial charge in [-0.05, 0) is 40.5 Å². The minimum absolute atomic E-state index is 0.0777. The van der Waals surface area contributed by atoms with Crippen LogP contribution in [0.25, 0.3) is 0 Å². The number of hydrogen-bond donors (Lipinski definition) is 2. The first-order valence-corrected chi connectivity index (χ1v) is 10.5. The zero-order valence-corrected chi connectivity index (χ0v) is 19.0. The van der Waals surface area contributed by atoms with Crippen LogP contribution in [0.2, 0.25) is 0 Å². The third-order valence-electron chi connectivity index (χ3n) is 4.27. The molecule has 1 saturated carbocycles. The maximum Gasteiger partial charge on any atom is 0.410 e. The Hall–Kier alpha value is -2.25. The summed E-state index contributed by atoms with van der Waals surface area (Å²) in [5, 5.41) is 6.49. The van der Waals surface area contributed by atoms with Crippen molar-refractivity contribution in [3.63, 3.8) is 0 Å². The Kier molecular flexibility index (Phi) is 7.54. The molecule has 1 fully saturated rings. The Bertz CT molecular complexity index is 696. The molecule has 0 saturated heterocycles. The van der Waals surface area contributed by atoms with Gasteiger partial charge in [0.15, 0.2) is 5.96 Å². The van der Waals surface area contributed by atoms with Crippen molar-refractivity contribution in [1.82, 2.24) is 20.5 Å². The number of carbonyl (C=O) groups excluding carboxylic acids is 1. The highest BCUT2D eigenvalue weighted by atomic mass is 16.6. The maximum atomic E-state index is 12.4. The molecule has 8 heteroatoms. The van der Waals surface area contributed by atoms with Crippen LogP contribution in [0, 0.1) is 0 Å². The van der Waals surface area contributed by atoms with Crippen molar-refractivity contribution < 1.29 is 13.9 Å². The molecule has 0 aliphatic heterocycles. The average molecular weight is 408 g/mol. The quantitative estimate of drug-likeness (QED) is 0.531. The molecule has 2 rings (SSSR count). The molecule has 0 bridgehead atoms. The van der Waals surface area contributed by atoms with Crippen molar-refractivity contribution in [2.45, 2.75) is 84.9 Å². The largest absolute Gasteiger partial charge is 0.444 e. The summed E-state index contributed by atoms with van der Waals surface area (Å²) in [5.41, 5.74) is -0.568. The summed E-state index contributed by atoms with van der Waals surface area (Å²) in [5.74, 6) is 2.10. The van der Waals surface area contributed by atoms with Crippen LogP contribution < -0.4 is 10.6 Å². The van der Waals surface area contributed by atoms with E-state index in [4.69, 9.17) is 9.15 Å². The summed E-state index contributed by atoms with van der Waals surface area (Å²) in [4.78, 5) is 23.1. The molecule has 1 heterocycles. The lowest BCUT2D eigenvalue weighted by Crippen LogP contribution is -2.45. The van der Waals surface area contributed by atoms with Gasteiger partial charge in [-0.2, -0.15) is 0 Å². The van der Waals surface area contributed by atoms with Gasteiger partial charge in [0.05, 0.1) is 6.20 Å². The van der Waals surface area contributed by atoms with Gasteiger partial charge in [0.2, 0.25) is 5.89 Å². The molecule has 29 heavy (non-hydrogen) atoms. The van der Waals surface area contributed by atoms with Gasteiger partial charge in [0.25, 0.3) is 0 Å². The molecular formula is C21H37N5O3. The fourth-order valence-electron chi connectivity index (χ4n) is 2.64. The molecule has 1 amide bonds. The fraction of sp³-hybridized carbons (Fsp3) is 0.762. The van der Waals surface area contributed by atoms with E-state index in [1.54, 1.807) is 6.20 Å². The molecule has 0 spiro atoms. The van der Waals surface area contributed by atoms with Gasteiger partial charge in [-0.25, -0.2) is 14.8 Å². The lowest BCUT2D eigenvalue weighted by molar-refractivity contribution is 0.0238. The Morgan fingerprint density at radius 2 is 1.97 bits per heavy atom. The highest BCUT2D eigenvalue weighted by Gasteiger charge is 2.34. The fourth-order valence-corrected chi connectivity index (χ4v) is 2.64. The van der Waals surface area contributed by atoms with Gasteiger partial charge in [-0.1, -0.05) is 20.8 Å². The van der Waals surface area contributed by atoms with E-state index >= 15 is 0 Å². The van der Waals surface area contributed by atoms with Crippen LogP contribution in [0.4, 0.5) is 4.79 Å². The number of oxazole rings is 1. The maximum absolute atomic E-state index is 12.4. The highest BCUT2D eigenvalue weighted by molar-refractivity contribution is 5.79. The minimum atomic E-state index is -0.490. The van der Waals surface area contributed by atoms with E-state index in [1.807, 2.05) is 32.6 Å². The number of aromatic nitrogens is 1. The van der Waals surface area contributed by atoms with Crippen LogP contribution >= 0.6 is 0 Å². The monoisotopic (exact) mass is 407 g/mol. The van der Waals surface area contributed by atoms with Crippen molar-refractivity contribution in [3.05, 3.63) is 17.8 Å². The average Bonchev–Trinajstić information content (AvgIpc) is 3.29. The number of nitrogens with zero attached hydrogens (tertiary/aromatic N) is 3. The molecule has 164 valence electrons. The van der Waals surface area contributed by atoms with Crippen molar-refractivity contribution in [3.8, 4) is 0 Å². The first-order valence-electron chi connectivity index (χ1n) is 10.5. The minimum Gasteiger partial charge on any atom is -0.444 e. The van der Waals surface area contributed by atoms with E-state index in [9.17, 15) is 4.79 Å². The molecule has 0 aromatic carbocycles. The number of carbonyl (C=O) groups is 1. The summed E-state index contributed by atoms with van der Waals surface area (Å²) in [6.07, 6.45) is 3.58. The number of ether oxygens (including phenoxy) is 1. The normalized spacial score (nSPS) is 15.2. The standard InChI is InChI=1S/C21H37N5O3/c1-8-22-18(25-14-17-24-13-16(28-17)20(2,3)4)23-11-12-26(15-9-10-15)19(27)29-21(5,6)7/h13,15H,8-12,14H2,1-7H3,(H2,22,23,25). The van der Waals surface area contributed by atoms with Gasteiger partial charge < -0.3 is 24.7 Å². The Morgan fingerprint density at radius 3 is 2.48 bits per heavy atom. The molecule has 0 radical (unpaired) electrons. The molecule has 1 aromatic heterocycles. The number of guanidine groups is 1. The Balaban J connectivity index is 1.89. The summed E-state index contributed by atoms with van der Waals surface area (Å²) < 4.78 is 11.3. The van der Waals surface area contributed by atoms with Crippen LogP contribution in [0.15, 0.2) is 15.6 Å². The van der Waals surface area contributed by atoms with E-state index < -0.39 is 5.60 Å². The molecular weight excluding hydrogens is 370 g/mol. The zero-order chi connectivity index (χ0) is 21.7. The van der Waals surface area contributed by atoms with Crippen LogP contribution in [0.5, 0.6) is 0 Å². The first kappa shape index (κ1) is 23.0. The summed E-state index contributed by atoms with van der Waals surface area (Å²) in [6.45, 7) is 16.2. The molecule has 0 unspecified atom stereocenters. The second-order valence-corrected chi connectivity index (χ2v) is 9.40. The van der Waals surface area contributed by atoms with Crippen molar-refractivity contribution in [1.29, 1.82) is 0 Å². The van der Waals surface area contributed by atoms with Crippen LogP contribution in [-0.2, 0) is 16.7 Å². The Morgan fingerprint density at radius 1 is 1.28 bits per heavy atom. The van der Waals surface area contributed by atoms with Gasteiger partial charge in [-0.15, -0.1) is 0 Å². The van der Waals surface area contributed by atoms with Crippen LogP contribution in [0.3, 0.4) is 0 Å². The van der Waals surface area contributed by atoms with E-state index in [2.05, 4.69) is 41.4 Å². The number of rotatable bonds is 7. The van der Waals surface area contributed by atoms with E-state index in [0.29, 0.717) is 31.5 Å². The van der Waals surface area contributed by atoms with E-state index in [1.165, 1.54) is 0 Å². The van der Waals surface area contributed by atoms with Gasteiger partial charge in [0.1, 0.15) is 17.9 Å². The lowest BCUT2D eigenvalue weighted by Gasteiger charge is -2.27. The number of amides is 1. The highest BCUT2D eigenvalue weighted by Crippen LogP contribution is 2.28. The Labute approximate surface area is 174 Å². The summed E-state index contributed by atoms with van der Waals surface area (Å²) in [7, 11) is 0. The zero-order valence-electron chi connectivity index (χ0n) is 19.0. The summed E-state index contributed by atoms with van der Waals surface area (Å²) >= 11 is 0. The third-order valence-corrected chi connectivity index (χ3v) is 4.27.